The van der Waals surface area contributed by atoms with Crippen LogP contribution in [0.2, 0.25) is 5.02 Å². The van der Waals surface area contributed by atoms with E-state index < -0.39 is 11.9 Å². The number of hydrogen-bond acceptors (Lipinski definition) is 1. The maximum absolute atomic E-state index is 10.9. The minimum Gasteiger partial charge on any atom is -0.481 e. The quantitative estimate of drug-likeness (QED) is 0.915. The molecule has 0 aromatic heterocycles. The van der Waals surface area contributed by atoms with E-state index >= 15 is 0 Å². The highest BCUT2D eigenvalue weighted by atomic mass is 79.9. The third-order valence-electron chi connectivity index (χ3n) is 2.04. The largest absolute Gasteiger partial charge is 0.481 e. The molecule has 0 heterocycles. The van der Waals surface area contributed by atoms with Crippen molar-refractivity contribution < 1.29 is 9.90 Å². The fraction of sp³-hybridized carbons (Fsp3) is 0.300. The molecule has 1 atom stereocenters. The molecular weight excluding hydrogens is 267 g/mol. The third kappa shape index (κ3) is 2.49. The summed E-state index contributed by atoms with van der Waals surface area (Å²) in [5, 5.41) is 9.56. The molecule has 0 saturated heterocycles. The van der Waals surface area contributed by atoms with Crippen LogP contribution in [0, 0.1) is 0 Å². The SMILES string of the molecule is CCC(C(=O)O)c1ccc(Cl)cc1Br. The van der Waals surface area contributed by atoms with Gasteiger partial charge in [0, 0.05) is 9.50 Å². The van der Waals surface area contributed by atoms with Crippen LogP contribution in [0.15, 0.2) is 22.7 Å². The van der Waals surface area contributed by atoms with Gasteiger partial charge < -0.3 is 5.11 Å². The molecule has 1 N–H and O–H groups in total. The molecule has 76 valence electrons. The van der Waals surface area contributed by atoms with Crippen molar-refractivity contribution in [2.45, 2.75) is 19.3 Å². The van der Waals surface area contributed by atoms with Gasteiger partial charge in [-0.15, -0.1) is 0 Å². The molecule has 1 aromatic carbocycles. The predicted molar refractivity (Wildman–Crippen MR) is 59.8 cm³/mol. The maximum Gasteiger partial charge on any atom is 0.311 e. The Morgan fingerprint density at radius 3 is 2.71 bits per heavy atom. The van der Waals surface area contributed by atoms with Gasteiger partial charge in [0.2, 0.25) is 0 Å². The summed E-state index contributed by atoms with van der Waals surface area (Å²) in [7, 11) is 0. The molecule has 0 bridgehead atoms. The summed E-state index contributed by atoms with van der Waals surface area (Å²) in [6.07, 6.45) is 0.565. The monoisotopic (exact) mass is 276 g/mol. The average Bonchev–Trinajstić information content (AvgIpc) is 2.09. The van der Waals surface area contributed by atoms with Crippen LogP contribution in [0.3, 0.4) is 0 Å². The van der Waals surface area contributed by atoms with Crippen LogP contribution >= 0.6 is 27.5 Å². The van der Waals surface area contributed by atoms with Crippen LogP contribution in [0.5, 0.6) is 0 Å². The smallest absolute Gasteiger partial charge is 0.311 e. The average molecular weight is 278 g/mol. The second-order valence-electron chi connectivity index (χ2n) is 2.96. The third-order valence-corrected chi connectivity index (χ3v) is 2.97. The summed E-state index contributed by atoms with van der Waals surface area (Å²) in [6.45, 7) is 1.85. The van der Waals surface area contributed by atoms with Gasteiger partial charge in [-0.1, -0.05) is 40.5 Å². The molecule has 2 nitrogen and oxygen atoms in total. The van der Waals surface area contributed by atoms with Crippen molar-refractivity contribution in [1.29, 1.82) is 0 Å². The molecule has 0 aliphatic carbocycles. The van der Waals surface area contributed by atoms with Gasteiger partial charge in [0.25, 0.3) is 0 Å². The zero-order valence-corrected chi connectivity index (χ0v) is 9.97. The molecule has 0 saturated carbocycles. The molecule has 14 heavy (non-hydrogen) atoms. The number of rotatable bonds is 3. The van der Waals surface area contributed by atoms with E-state index in [-0.39, 0.29) is 0 Å². The Morgan fingerprint density at radius 1 is 1.64 bits per heavy atom. The van der Waals surface area contributed by atoms with Crippen LogP contribution < -0.4 is 0 Å². The Hall–Kier alpha value is -0.540. The molecule has 1 unspecified atom stereocenters. The van der Waals surface area contributed by atoms with Crippen molar-refractivity contribution in [3.05, 3.63) is 33.3 Å². The highest BCUT2D eigenvalue weighted by Gasteiger charge is 2.19. The van der Waals surface area contributed by atoms with Gasteiger partial charge in [0.05, 0.1) is 5.92 Å². The minimum atomic E-state index is -0.810. The number of aliphatic carboxylic acids is 1. The Bertz CT molecular complexity index is 352. The van der Waals surface area contributed by atoms with E-state index in [1.54, 1.807) is 18.2 Å². The van der Waals surface area contributed by atoms with Crippen molar-refractivity contribution in [2.24, 2.45) is 0 Å². The Labute approximate surface area is 96.0 Å². The number of halogens is 2. The molecule has 1 rings (SSSR count). The van der Waals surface area contributed by atoms with Crippen LogP contribution in [0.4, 0.5) is 0 Å². The first kappa shape index (κ1) is 11.5. The van der Waals surface area contributed by atoms with Crippen molar-refractivity contribution in [3.8, 4) is 0 Å². The number of hydrogen-bond donors (Lipinski definition) is 1. The lowest BCUT2D eigenvalue weighted by Gasteiger charge is -2.12. The number of carbonyl (C=O) groups is 1. The fourth-order valence-corrected chi connectivity index (χ4v) is 2.27. The highest BCUT2D eigenvalue weighted by Crippen LogP contribution is 2.29. The summed E-state index contributed by atoms with van der Waals surface area (Å²) in [4.78, 5) is 10.9. The van der Waals surface area contributed by atoms with Crippen LogP contribution in [-0.2, 0) is 4.79 Å². The van der Waals surface area contributed by atoms with E-state index in [1.165, 1.54) is 0 Å². The molecule has 0 spiro atoms. The normalized spacial score (nSPS) is 12.5. The lowest BCUT2D eigenvalue weighted by atomic mass is 9.97. The second-order valence-corrected chi connectivity index (χ2v) is 4.26. The summed E-state index contributed by atoms with van der Waals surface area (Å²) >= 11 is 9.08. The van der Waals surface area contributed by atoms with Gasteiger partial charge in [0.15, 0.2) is 0 Å². The predicted octanol–water partition coefficient (Wildman–Crippen LogP) is 3.68. The molecular formula is C10H10BrClO2. The highest BCUT2D eigenvalue weighted by molar-refractivity contribution is 9.10. The molecule has 1 aromatic rings. The van der Waals surface area contributed by atoms with E-state index in [9.17, 15) is 4.79 Å². The maximum atomic E-state index is 10.9. The lowest BCUT2D eigenvalue weighted by Crippen LogP contribution is -2.10. The Morgan fingerprint density at radius 2 is 2.29 bits per heavy atom. The van der Waals surface area contributed by atoms with Crippen molar-refractivity contribution >= 4 is 33.5 Å². The van der Waals surface area contributed by atoms with Gasteiger partial charge in [-0.3, -0.25) is 4.79 Å². The van der Waals surface area contributed by atoms with Crippen LogP contribution in [-0.4, -0.2) is 11.1 Å². The Kier molecular flexibility index (Phi) is 3.96. The van der Waals surface area contributed by atoms with Crippen molar-refractivity contribution in [1.82, 2.24) is 0 Å². The minimum absolute atomic E-state index is 0.471. The summed E-state index contributed by atoms with van der Waals surface area (Å²) < 4.78 is 0.749. The van der Waals surface area contributed by atoms with E-state index in [0.717, 1.165) is 10.0 Å². The topological polar surface area (TPSA) is 37.3 Å². The van der Waals surface area contributed by atoms with E-state index in [1.807, 2.05) is 6.92 Å². The zero-order valence-electron chi connectivity index (χ0n) is 7.63. The van der Waals surface area contributed by atoms with E-state index in [2.05, 4.69) is 15.9 Å². The molecule has 4 heteroatoms. The van der Waals surface area contributed by atoms with Gasteiger partial charge in [0.1, 0.15) is 0 Å². The molecule has 0 fully saturated rings. The number of benzene rings is 1. The number of carboxylic acid groups (broad SMARTS) is 1. The first-order valence-electron chi connectivity index (χ1n) is 4.24. The van der Waals surface area contributed by atoms with Crippen LogP contribution in [0.1, 0.15) is 24.8 Å². The van der Waals surface area contributed by atoms with Gasteiger partial charge >= 0.3 is 5.97 Å². The standard InChI is InChI=1S/C10H10BrClO2/c1-2-7(10(13)14)8-4-3-6(12)5-9(8)11/h3-5,7H,2H2,1H3,(H,13,14). The van der Waals surface area contributed by atoms with Gasteiger partial charge in [-0.05, 0) is 24.1 Å². The second kappa shape index (κ2) is 4.80. The fourth-order valence-electron chi connectivity index (χ4n) is 1.31. The van der Waals surface area contributed by atoms with Crippen LogP contribution in [0.25, 0.3) is 0 Å². The number of carboxylic acids is 1. The molecule has 0 aliphatic rings. The van der Waals surface area contributed by atoms with Crippen molar-refractivity contribution in [3.63, 3.8) is 0 Å². The molecule has 0 aliphatic heterocycles. The van der Waals surface area contributed by atoms with E-state index in [4.69, 9.17) is 16.7 Å². The molecule has 0 amide bonds. The lowest BCUT2D eigenvalue weighted by molar-refractivity contribution is -0.138. The summed E-state index contributed by atoms with van der Waals surface area (Å²) in [5.74, 6) is -1.28. The first-order valence-corrected chi connectivity index (χ1v) is 5.41. The first-order chi connectivity index (χ1) is 6.56. The Balaban J connectivity index is 3.10. The van der Waals surface area contributed by atoms with Gasteiger partial charge in [-0.25, -0.2) is 0 Å². The summed E-state index contributed by atoms with van der Waals surface area (Å²) in [6, 6.07) is 5.16. The zero-order chi connectivity index (χ0) is 10.7. The van der Waals surface area contributed by atoms with E-state index in [0.29, 0.717) is 11.4 Å². The van der Waals surface area contributed by atoms with Gasteiger partial charge in [-0.2, -0.15) is 0 Å². The van der Waals surface area contributed by atoms with Crippen molar-refractivity contribution in [2.75, 3.05) is 0 Å². The molecule has 0 radical (unpaired) electrons. The summed E-state index contributed by atoms with van der Waals surface area (Å²) in [5.41, 5.74) is 0.768.